The Morgan fingerprint density at radius 3 is 2.17 bits per heavy atom. The molecule has 0 saturated carbocycles. The quantitative estimate of drug-likeness (QED) is 0.728. The summed E-state index contributed by atoms with van der Waals surface area (Å²) in [5.74, 6) is 0.958. The van der Waals surface area contributed by atoms with Gasteiger partial charge < -0.3 is 9.47 Å². The van der Waals surface area contributed by atoms with Gasteiger partial charge in [0.05, 0.1) is 13.2 Å². The van der Waals surface area contributed by atoms with Gasteiger partial charge in [-0.15, -0.1) is 6.58 Å². The molecule has 1 aliphatic rings. The fourth-order valence-electron chi connectivity index (χ4n) is 2.13. The summed E-state index contributed by atoms with van der Waals surface area (Å²) in [5, 5.41) is 0. The Balaban J connectivity index is 0.000000704. The van der Waals surface area contributed by atoms with E-state index in [4.69, 9.17) is 9.47 Å². The molecule has 0 N–H and O–H groups in total. The summed E-state index contributed by atoms with van der Waals surface area (Å²) >= 11 is 0. The lowest BCUT2D eigenvalue weighted by Gasteiger charge is -2.33. The molecule has 1 unspecified atom stereocenters. The van der Waals surface area contributed by atoms with Crippen molar-refractivity contribution in [3.05, 3.63) is 43.0 Å². The van der Waals surface area contributed by atoms with Gasteiger partial charge in [0.2, 0.25) is 0 Å². The van der Waals surface area contributed by atoms with E-state index in [0.29, 0.717) is 6.04 Å². The van der Waals surface area contributed by atoms with Crippen LogP contribution in [0.15, 0.2) is 43.0 Å². The number of nitrogens with zero attached hydrogens (tertiary/aromatic N) is 1. The van der Waals surface area contributed by atoms with Crippen LogP contribution in [0.25, 0.3) is 0 Å². The van der Waals surface area contributed by atoms with Crippen molar-refractivity contribution in [3.63, 3.8) is 0 Å². The number of hydrogen-bond acceptors (Lipinski definition) is 3. The third-order valence-corrected chi connectivity index (χ3v) is 3.22. The zero-order valence-corrected chi connectivity index (χ0v) is 15.5. The zero-order chi connectivity index (χ0) is 17.3. The van der Waals surface area contributed by atoms with Crippen LogP contribution in [0, 0.1) is 0 Å². The highest BCUT2D eigenvalue weighted by Gasteiger charge is 2.19. The topological polar surface area (TPSA) is 21.7 Å². The number of hydrogen-bond donors (Lipinski definition) is 0. The maximum absolute atomic E-state index is 5.83. The van der Waals surface area contributed by atoms with Crippen LogP contribution < -0.4 is 4.74 Å². The first-order valence-corrected chi connectivity index (χ1v) is 8.79. The van der Waals surface area contributed by atoms with Crippen molar-refractivity contribution in [2.45, 2.75) is 46.6 Å². The van der Waals surface area contributed by atoms with E-state index in [1.54, 1.807) is 6.08 Å². The fraction of sp³-hybridized carbons (Fsp3) is 0.600. The van der Waals surface area contributed by atoms with Crippen LogP contribution in [0.5, 0.6) is 5.75 Å². The van der Waals surface area contributed by atoms with E-state index in [2.05, 4.69) is 32.3 Å². The van der Waals surface area contributed by atoms with Crippen LogP contribution in [0.1, 0.15) is 40.5 Å². The Morgan fingerprint density at radius 2 is 1.70 bits per heavy atom. The molecule has 0 aliphatic carbocycles. The van der Waals surface area contributed by atoms with Gasteiger partial charge in [0.25, 0.3) is 0 Å². The predicted octanol–water partition coefficient (Wildman–Crippen LogP) is 4.78. The molecule has 3 nitrogen and oxygen atoms in total. The second kappa shape index (κ2) is 15.6. The minimum Gasteiger partial charge on any atom is -0.492 e. The summed E-state index contributed by atoms with van der Waals surface area (Å²) in [6.45, 7) is 16.2. The molecule has 1 atom stereocenters. The molecule has 1 saturated heterocycles. The van der Waals surface area contributed by atoms with Crippen LogP contribution >= 0.6 is 0 Å². The third-order valence-electron chi connectivity index (χ3n) is 3.22. The second-order valence-electron chi connectivity index (χ2n) is 5.45. The van der Waals surface area contributed by atoms with Crippen molar-refractivity contribution in [1.82, 2.24) is 4.90 Å². The number of morpholine rings is 1. The van der Waals surface area contributed by atoms with Crippen molar-refractivity contribution in [2.75, 3.05) is 32.9 Å². The number of benzene rings is 1. The molecule has 0 radical (unpaired) electrons. The highest BCUT2D eigenvalue weighted by atomic mass is 16.5. The van der Waals surface area contributed by atoms with Crippen molar-refractivity contribution in [3.8, 4) is 5.75 Å². The first-order chi connectivity index (χ1) is 11.2. The molecular formula is C20H35NO2. The van der Waals surface area contributed by atoms with Gasteiger partial charge in [-0.25, -0.2) is 0 Å². The molecule has 23 heavy (non-hydrogen) atoms. The first kappa shape index (κ1) is 21.7. The highest BCUT2D eigenvalue weighted by molar-refractivity contribution is 5.20. The minimum atomic E-state index is 0.499. The van der Waals surface area contributed by atoms with E-state index in [1.165, 1.54) is 6.42 Å². The van der Waals surface area contributed by atoms with Gasteiger partial charge in [-0.05, 0) is 25.5 Å². The predicted molar refractivity (Wildman–Crippen MR) is 100 cm³/mol. The Kier molecular flexibility index (Phi) is 14.7. The SMILES string of the molecule is C=CC.CCC.CCC(COc1ccccc1)N1CCOCC1. The van der Waals surface area contributed by atoms with E-state index in [0.717, 1.165) is 45.1 Å². The van der Waals surface area contributed by atoms with Gasteiger partial charge in [-0.1, -0.05) is 51.5 Å². The van der Waals surface area contributed by atoms with Crippen molar-refractivity contribution >= 4 is 0 Å². The van der Waals surface area contributed by atoms with E-state index < -0.39 is 0 Å². The number of allylic oxidation sites excluding steroid dienone is 1. The minimum absolute atomic E-state index is 0.499. The van der Waals surface area contributed by atoms with Crippen molar-refractivity contribution in [1.29, 1.82) is 0 Å². The summed E-state index contributed by atoms with van der Waals surface area (Å²) in [6.07, 6.45) is 4.12. The smallest absolute Gasteiger partial charge is 0.119 e. The van der Waals surface area contributed by atoms with Gasteiger partial charge in [0.1, 0.15) is 12.4 Å². The van der Waals surface area contributed by atoms with Gasteiger partial charge in [-0.2, -0.15) is 0 Å². The molecule has 3 heteroatoms. The maximum atomic E-state index is 5.83. The average molecular weight is 322 g/mol. The molecule has 0 amide bonds. The van der Waals surface area contributed by atoms with E-state index in [9.17, 15) is 0 Å². The van der Waals surface area contributed by atoms with E-state index in [-0.39, 0.29) is 0 Å². The summed E-state index contributed by atoms with van der Waals surface area (Å²) in [4.78, 5) is 2.46. The number of rotatable bonds is 5. The lowest BCUT2D eigenvalue weighted by molar-refractivity contribution is 0.00516. The standard InChI is InChI=1S/C14H21NO2.C3H8.C3H6/c1-2-13(15-8-10-16-11-9-15)12-17-14-6-4-3-5-7-14;2*1-3-2/h3-7,13H,2,8-12H2,1H3;3H2,1-2H3;3H,1H2,2H3. The zero-order valence-electron chi connectivity index (χ0n) is 15.5. The molecule has 1 heterocycles. The van der Waals surface area contributed by atoms with Crippen LogP contribution in [-0.4, -0.2) is 43.9 Å². The third kappa shape index (κ3) is 10.9. The molecule has 0 aromatic heterocycles. The molecule has 1 aliphatic heterocycles. The van der Waals surface area contributed by atoms with Crippen molar-refractivity contribution in [2.24, 2.45) is 0 Å². The van der Waals surface area contributed by atoms with Crippen LogP contribution in [0.2, 0.25) is 0 Å². The summed E-state index contributed by atoms with van der Waals surface area (Å²) in [6, 6.07) is 10.5. The van der Waals surface area contributed by atoms with Crippen LogP contribution in [0.4, 0.5) is 0 Å². The molecule has 1 fully saturated rings. The van der Waals surface area contributed by atoms with Crippen molar-refractivity contribution < 1.29 is 9.47 Å². The van der Waals surface area contributed by atoms with Gasteiger partial charge in [0.15, 0.2) is 0 Å². The largest absolute Gasteiger partial charge is 0.492 e. The van der Waals surface area contributed by atoms with E-state index >= 15 is 0 Å². The fourth-order valence-corrected chi connectivity index (χ4v) is 2.13. The molecule has 132 valence electrons. The highest BCUT2D eigenvalue weighted by Crippen LogP contribution is 2.12. The summed E-state index contributed by atoms with van der Waals surface area (Å²) < 4.78 is 11.2. The van der Waals surface area contributed by atoms with Gasteiger partial charge in [-0.3, -0.25) is 4.90 Å². The van der Waals surface area contributed by atoms with Gasteiger partial charge in [0, 0.05) is 19.1 Å². The Labute approximate surface area is 143 Å². The molecular weight excluding hydrogens is 286 g/mol. The molecule has 0 bridgehead atoms. The molecule has 1 aromatic carbocycles. The van der Waals surface area contributed by atoms with Gasteiger partial charge >= 0.3 is 0 Å². The molecule has 2 rings (SSSR count). The Bertz CT molecular complexity index is 361. The molecule has 0 spiro atoms. The summed E-state index contributed by atoms with van der Waals surface area (Å²) in [7, 11) is 0. The lowest BCUT2D eigenvalue weighted by Crippen LogP contribution is -2.45. The Hall–Kier alpha value is -1.32. The average Bonchev–Trinajstić information content (AvgIpc) is 2.59. The second-order valence-corrected chi connectivity index (χ2v) is 5.45. The summed E-state index contributed by atoms with van der Waals surface area (Å²) in [5.41, 5.74) is 0. The molecule has 1 aromatic rings. The van der Waals surface area contributed by atoms with E-state index in [1.807, 2.05) is 37.3 Å². The number of para-hydroxylation sites is 1. The van der Waals surface area contributed by atoms with Crippen LogP contribution in [-0.2, 0) is 4.74 Å². The monoisotopic (exact) mass is 321 g/mol. The number of ether oxygens (including phenoxy) is 2. The normalized spacial score (nSPS) is 15.3. The first-order valence-electron chi connectivity index (χ1n) is 8.79. The Morgan fingerprint density at radius 1 is 1.17 bits per heavy atom. The lowest BCUT2D eigenvalue weighted by atomic mass is 10.2. The maximum Gasteiger partial charge on any atom is 0.119 e. The van der Waals surface area contributed by atoms with Crippen LogP contribution in [0.3, 0.4) is 0 Å².